The van der Waals surface area contributed by atoms with E-state index in [1.54, 1.807) is 0 Å². The molecular formula is C17H20N4. The fraction of sp³-hybridized carbons (Fsp3) is 0.294. The number of aromatic nitrogens is 3. The van der Waals surface area contributed by atoms with Gasteiger partial charge in [0.05, 0.1) is 11.0 Å². The van der Waals surface area contributed by atoms with E-state index in [1.165, 1.54) is 16.6 Å². The summed E-state index contributed by atoms with van der Waals surface area (Å²) in [5.41, 5.74) is 4.80. The summed E-state index contributed by atoms with van der Waals surface area (Å²) in [6, 6.07) is 10.3. The van der Waals surface area contributed by atoms with Crippen LogP contribution in [0, 0.1) is 13.8 Å². The van der Waals surface area contributed by atoms with Crippen molar-refractivity contribution in [2.24, 2.45) is 0 Å². The summed E-state index contributed by atoms with van der Waals surface area (Å²) in [4.78, 5) is 8.76. The molecular weight excluding hydrogens is 260 g/mol. The van der Waals surface area contributed by atoms with E-state index >= 15 is 0 Å². The molecule has 0 radical (unpaired) electrons. The minimum Gasteiger partial charge on any atom is -0.327 e. The predicted octanol–water partition coefficient (Wildman–Crippen LogP) is 2.84. The molecule has 0 saturated carbocycles. The highest BCUT2D eigenvalue weighted by molar-refractivity contribution is 5.75. The van der Waals surface area contributed by atoms with E-state index in [0.717, 1.165) is 31.0 Å². The van der Waals surface area contributed by atoms with E-state index < -0.39 is 0 Å². The van der Waals surface area contributed by atoms with Gasteiger partial charge in [0.2, 0.25) is 0 Å². The van der Waals surface area contributed by atoms with Crippen LogP contribution in [0.3, 0.4) is 0 Å². The van der Waals surface area contributed by atoms with Crippen LogP contribution in [0.1, 0.15) is 17.0 Å². The molecule has 0 saturated heterocycles. The first kappa shape index (κ1) is 13.8. The number of nitrogens with one attached hydrogen (secondary N) is 1. The highest BCUT2D eigenvalue weighted by atomic mass is 15.1. The Morgan fingerprint density at radius 1 is 1.14 bits per heavy atom. The monoisotopic (exact) mass is 280 g/mol. The summed E-state index contributed by atoms with van der Waals surface area (Å²) < 4.78 is 2.26. The van der Waals surface area contributed by atoms with Gasteiger partial charge in [-0.05, 0) is 43.2 Å². The molecule has 3 aromatic rings. The van der Waals surface area contributed by atoms with Gasteiger partial charge in [-0.25, -0.2) is 4.98 Å². The lowest BCUT2D eigenvalue weighted by Gasteiger charge is -2.09. The van der Waals surface area contributed by atoms with Crippen molar-refractivity contribution in [3.8, 4) is 0 Å². The van der Waals surface area contributed by atoms with Crippen LogP contribution in [0.25, 0.3) is 11.0 Å². The summed E-state index contributed by atoms with van der Waals surface area (Å²) in [6.07, 6.45) is 3.76. The highest BCUT2D eigenvalue weighted by Gasteiger charge is 2.05. The Hall–Kier alpha value is -2.20. The zero-order chi connectivity index (χ0) is 14.7. The number of nitrogens with zero attached hydrogens (tertiary/aromatic N) is 3. The van der Waals surface area contributed by atoms with Gasteiger partial charge in [0.15, 0.2) is 0 Å². The first-order chi connectivity index (χ1) is 10.3. The Morgan fingerprint density at radius 2 is 2.00 bits per heavy atom. The van der Waals surface area contributed by atoms with Crippen LogP contribution in [0.4, 0.5) is 0 Å². The van der Waals surface area contributed by atoms with Crippen molar-refractivity contribution in [2.45, 2.75) is 26.9 Å². The van der Waals surface area contributed by atoms with Crippen molar-refractivity contribution < 1.29 is 0 Å². The Labute approximate surface area is 124 Å². The molecule has 1 N–H and O–H groups in total. The van der Waals surface area contributed by atoms with Crippen molar-refractivity contribution in [3.63, 3.8) is 0 Å². The number of hydrogen-bond donors (Lipinski definition) is 1. The van der Waals surface area contributed by atoms with Crippen LogP contribution in [0.15, 0.2) is 42.7 Å². The lowest BCUT2D eigenvalue weighted by atomic mass is 10.1. The second kappa shape index (κ2) is 6.06. The summed E-state index contributed by atoms with van der Waals surface area (Å²) in [5, 5.41) is 3.48. The normalized spacial score (nSPS) is 11.1. The van der Waals surface area contributed by atoms with E-state index in [4.69, 9.17) is 0 Å². The average molecular weight is 280 g/mol. The molecule has 1 aromatic carbocycles. The summed E-state index contributed by atoms with van der Waals surface area (Å²) in [7, 11) is 0. The van der Waals surface area contributed by atoms with E-state index in [1.807, 2.05) is 24.5 Å². The molecule has 3 rings (SSSR count). The van der Waals surface area contributed by atoms with Crippen LogP contribution >= 0.6 is 0 Å². The number of fused-ring (bicyclic) bond motifs is 1. The number of imidazole rings is 1. The van der Waals surface area contributed by atoms with Gasteiger partial charge >= 0.3 is 0 Å². The van der Waals surface area contributed by atoms with Crippen LogP contribution < -0.4 is 5.32 Å². The summed E-state index contributed by atoms with van der Waals surface area (Å²) in [5.74, 6) is 1.07. The Balaban J connectivity index is 1.62. The van der Waals surface area contributed by atoms with Crippen LogP contribution in [-0.4, -0.2) is 21.1 Å². The first-order valence-corrected chi connectivity index (χ1v) is 7.28. The number of aryl methyl sites for hydroxylation is 2. The number of hydrogen-bond acceptors (Lipinski definition) is 3. The number of benzene rings is 1. The molecule has 2 aromatic heterocycles. The van der Waals surface area contributed by atoms with Gasteiger partial charge in [0.1, 0.15) is 5.82 Å². The summed E-state index contributed by atoms with van der Waals surface area (Å²) in [6.45, 7) is 6.87. The smallest absolute Gasteiger partial charge is 0.106 e. The minimum atomic E-state index is 0.853. The molecule has 0 atom stereocenters. The zero-order valence-electron chi connectivity index (χ0n) is 12.5. The molecule has 0 aliphatic rings. The van der Waals surface area contributed by atoms with Gasteiger partial charge in [-0.15, -0.1) is 0 Å². The summed E-state index contributed by atoms with van der Waals surface area (Å²) >= 11 is 0. The van der Waals surface area contributed by atoms with Gasteiger partial charge in [-0.1, -0.05) is 12.1 Å². The molecule has 0 aliphatic carbocycles. The maximum absolute atomic E-state index is 4.59. The van der Waals surface area contributed by atoms with Crippen LogP contribution in [0.5, 0.6) is 0 Å². The largest absolute Gasteiger partial charge is 0.327 e. The second-order valence-corrected chi connectivity index (χ2v) is 5.28. The fourth-order valence-electron chi connectivity index (χ4n) is 2.57. The lowest BCUT2D eigenvalue weighted by molar-refractivity contribution is 0.596. The average Bonchev–Trinajstić information content (AvgIpc) is 2.81. The lowest BCUT2D eigenvalue weighted by Crippen LogP contribution is -2.20. The Kier molecular flexibility index (Phi) is 3.97. The number of para-hydroxylation sites is 2. The van der Waals surface area contributed by atoms with Crippen molar-refractivity contribution in [2.75, 3.05) is 6.54 Å². The molecule has 2 heterocycles. The molecule has 108 valence electrons. The maximum Gasteiger partial charge on any atom is 0.106 e. The maximum atomic E-state index is 4.59. The molecule has 0 amide bonds. The van der Waals surface area contributed by atoms with E-state index in [-0.39, 0.29) is 0 Å². The second-order valence-electron chi connectivity index (χ2n) is 5.28. The minimum absolute atomic E-state index is 0.853. The number of rotatable bonds is 5. The van der Waals surface area contributed by atoms with Crippen molar-refractivity contribution in [1.29, 1.82) is 0 Å². The van der Waals surface area contributed by atoms with E-state index in [0.29, 0.717) is 0 Å². The van der Waals surface area contributed by atoms with Gasteiger partial charge in [-0.2, -0.15) is 0 Å². The van der Waals surface area contributed by atoms with Crippen molar-refractivity contribution in [1.82, 2.24) is 19.9 Å². The van der Waals surface area contributed by atoms with Crippen molar-refractivity contribution in [3.05, 3.63) is 59.7 Å². The molecule has 0 fully saturated rings. The third-order valence-corrected chi connectivity index (χ3v) is 3.82. The molecule has 21 heavy (non-hydrogen) atoms. The molecule has 0 spiro atoms. The Bertz CT molecular complexity index is 745. The van der Waals surface area contributed by atoms with Gasteiger partial charge in [0.25, 0.3) is 0 Å². The Morgan fingerprint density at radius 3 is 2.86 bits per heavy atom. The molecule has 4 heteroatoms. The van der Waals surface area contributed by atoms with Gasteiger partial charge in [0, 0.05) is 32.0 Å². The van der Waals surface area contributed by atoms with Crippen LogP contribution in [0.2, 0.25) is 0 Å². The van der Waals surface area contributed by atoms with Gasteiger partial charge in [-0.3, -0.25) is 4.98 Å². The van der Waals surface area contributed by atoms with Crippen molar-refractivity contribution >= 4 is 11.0 Å². The third kappa shape index (κ3) is 2.95. The van der Waals surface area contributed by atoms with Crippen LogP contribution in [-0.2, 0) is 13.1 Å². The molecule has 4 nitrogen and oxygen atoms in total. The number of pyridine rings is 1. The standard InChI is InChI=1S/C17H20N4/c1-13-7-8-18-11-15(13)12-19-9-10-21-14(2)20-16-5-3-4-6-17(16)21/h3-8,11,19H,9-10,12H2,1-2H3. The first-order valence-electron chi connectivity index (χ1n) is 7.28. The topological polar surface area (TPSA) is 42.7 Å². The molecule has 0 unspecified atom stereocenters. The molecule has 0 bridgehead atoms. The zero-order valence-corrected chi connectivity index (χ0v) is 12.5. The van der Waals surface area contributed by atoms with E-state index in [2.05, 4.69) is 51.9 Å². The van der Waals surface area contributed by atoms with Gasteiger partial charge < -0.3 is 9.88 Å². The predicted molar refractivity (Wildman–Crippen MR) is 85.2 cm³/mol. The third-order valence-electron chi connectivity index (χ3n) is 3.82. The van der Waals surface area contributed by atoms with E-state index in [9.17, 15) is 0 Å². The highest BCUT2D eigenvalue weighted by Crippen LogP contribution is 2.14. The SMILES string of the molecule is Cc1ccncc1CNCCn1c(C)nc2ccccc21. The quantitative estimate of drug-likeness (QED) is 0.731. The molecule has 0 aliphatic heterocycles. The fourth-order valence-corrected chi connectivity index (χ4v) is 2.57.